The van der Waals surface area contributed by atoms with E-state index in [1.54, 1.807) is 7.05 Å². The highest BCUT2D eigenvalue weighted by Crippen LogP contribution is 2.29. The maximum Gasteiger partial charge on any atom is 0.251 e. The molecule has 26 heavy (non-hydrogen) atoms. The van der Waals surface area contributed by atoms with Crippen LogP contribution >= 0.6 is 0 Å². The number of anilines is 1. The molecule has 0 bridgehead atoms. The summed E-state index contributed by atoms with van der Waals surface area (Å²) in [5.74, 6) is 0.916. The molecule has 1 fully saturated rings. The topological polar surface area (TPSA) is 32.3 Å². The van der Waals surface area contributed by atoms with Crippen LogP contribution in [0.5, 0.6) is 0 Å². The lowest BCUT2D eigenvalue weighted by molar-refractivity contribution is 0.0962. The normalized spacial score (nSPS) is 18.9. The Hall–Kier alpha value is -2.29. The van der Waals surface area contributed by atoms with Crippen LogP contribution < -0.4 is 10.2 Å². The fourth-order valence-electron chi connectivity index (χ4n) is 3.96. The van der Waals surface area contributed by atoms with Gasteiger partial charge in [0.2, 0.25) is 0 Å². The van der Waals surface area contributed by atoms with Gasteiger partial charge >= 0.3 is 0 Å². The monoisotopic (exact) mass is 350 g/mol. The molecule has 0 aliphatic carbocycles. The average molecular weight is 351 g/mol. The van der Waals surface area contributed by atoms with E-state index in [0.717, 1.165) is 30.1 Å². The minimum absolute atomic E-state index is 0.0253. The number of rotatable bonds is 4. The van der Waals surface area contributed by atoms with Gasteiger partial charge in [0.05, 0.1) is 0 Å². The van der Waals surface area contributed by atoms with Gasteiger partial charge in [-0.15, -0.1) is 0 Å². The summed E-state index contributed by atoms with van der Waals surface area (Å²) < 4.78 is 0. The Kier molecular flexibility index (Phi) is 5.97. The first-order valence-electron chi connectivity index (χ1n) is 9.76. The van der Waals surface area contributed by atoms with E-state index in [1.165, 1.54) is 30.5 Å². The van der Waals surface area contributed by atoms with Crippen molar-refractivity contribution in [3.63, 3.8) is 0 Å². The first-order valence-corrected chi connectivity index (χ1v) is 9.76. The SMILES string of the molecule is CNC(=O)c1ccccc1C(C)c1ccc(N2CCCCC(C)C2)cc1. The van der Waals surface area contributed by atoms with E-state index in [2.05, 4.69) is 54.4 Å². The van der Waals surface area contributed by atoms with Crippen molar-refractivity contribution in [2.45, 2.75) is 39.0 Å². The van der Waals surface area contributed by atoms with Crippen LogP contribution in [0.25, 0.3) is 0 Å². The van der Waals surface area contributed by atoms with Crippen LogP contribution in [0.15, 0.2) is 48.5 Å². The highest BCUT2D eigenvalue weighted by atomic mass is 16.1. The lowest BCUT2D eigenvalue weighted by Crippen LogP contribution is -2.27. The molecule has 0 spiro atoms. The van der Waals surface area contributed by atoms with Gasteiger partial charge in [-0.25, -0.2) is 0 Å². The van der Waals surface area contributed by atoms with Gasteiger partial charge in [-0.05, 0) is 48.1 Å². The highest BCUT2D eigenvalue weighted by Gasteiger charge is 2.18. The first kappa shape index (κ1) is 18.5. The summed E-state index contributed by atoms with van der Waals surface area (Å²) in [6.45, 7) is 6.82. The van der Waals surface area contributed by atoms with Crippen LogP contribution in [-0.4, -0.2) is 26.0 Å². The largest absolute Gasteiger partial charge is 0.371 e. The lowest BCUT2D eigenvalue weighted by atomic mass is 9.89. The summed E-state index contributed by atoms with van der Waals surface area (Å²) in [5.41, 5.74) is 4.39. The Morgan fingerprint density at radius 1 is 1.12 bits per heavy atom. The predicted molar refractivity (Wildman–Crippen MR) is 109 cm³/mol. The minimum Gasteiger partial charge on any atom is -0.371 e. The van der Waals surface area contributed by atoms with Crippen LogP contribution in [-0.2, 0) is 0 Å². The predicted octanol–water partition coefficient (Wildman–Crippen LogP) is 4.82. The van der Waals surface area contributed by atoms with Crippen molar-refractivity contribution in [1.29, 1.82) is 0 Å². The molecule has 3 rings (SSSR count). The Labute approximate surface area is 157 Å². The Morgan fingerprint density at radius 3 is 2.58 bits per heavy atom. The maximum atomic E-state index is 12.2. The summed E-state index contributed by atoms with van der Waals surface area (Å²) in [5, 5.41) is 2.74. The van der Waals surface area contributed by atoms with E-state index in [9.17, 15) is 4.79 Å². The molecular formula is C23H30N2O. The third-order valence-corrected chi connectivity index (χ3v) is 5.56. The number of nitrogens with zero attached hydrogens (tertiary/aromatic N) is 1. The zero-order chi connectivity index (χ0) is 18.5. The summed E-state index contributed by atoms with van der Waals surface area (Å²) in [6.07, 6.45) is 3.95. The number of amides is 1. The van der Waals surface area contributed by atoms with Crippen molar-refractivity contribution in [1.82, 2.24) is 5.32 Å². The molecule has 138 valence electrons. The quantitative estimate of drug-likeness (QED) is 0.857. The third kappa shape index (κ3) is 4.09. The second-order valence-electron chi connectivity index (χ2n) is 7.53. The van der Waals surface area contributed by atoms with Gasteiger partial charge in [0.15, 0.2) is 0 Å². The van der Waals surface area contributed by atoms with Crippen LogP contribution in [0.1, 0.15) is 60.5 Å². The first-order chi connectivity index (χ1) is 12.6. The lowest BCUT2D eigenvalue weighted by Gasteiger charge is -2.25. The van der Waals surface area contributed by atoms with Crippen molar-refractivity contribution in [3.05, 3.63) is 65.2 Å². The van der Waals surface area contributed by atoms with Gasteiger partial charge in [0.1, 0.15) is 0 Å². The van der Waals surface area contributed by atoms with E-state index in [1.807, 2.05) is 18.2 Å². The molecule has 0 saturated carbocycles. The molecule has 2 atom stereocenters. The average Bonchev–Trinajstić information content (AvgIpc) is 2.91. The standard InChI is InChI=1S/C23H30N2O/c1-17-8-6-7-15-25(16-17)20-13-11-19(12-14-20)18(2)21-9-4-5-10-22(21)23(26)24-3/h4-5,9-14,17-18H,6-8,15-16H2,1-3H3,(H,24,26). The summed E-state index contributed by atoms with van der Waals surface area (Å²) >= 11 is 0. The van der Waals surface area contributed by atoms with Gasteiger partial charge in [0, 0.05) is 37.3 Å². The van der Waals surface area contributed by atoms with E-state index >= 15 is 0 Å². The molecule has 1 aliphatic heterocycles. The maximum absolute atomic E-state index is 12.2. The Bertz CT molecular complexity index is 738. The number of hydrogen-bond donors (Lipinski definition) is 1. The molecule has 1 amide bonds. The fourth-order valence-corrected chi connectivity index (χ4v) is 3.96. The zero-order valence-corrected chi connectivity index (χ0v) is 16.2. The molecule has 0 radical (unpaired) electrons. The molecule has 2 unspecified atom stereocenters. The van der Waals surface area contributed by atoms with E-state index in [0.29, 0.717) is 0 Å². The number of benzene rings is 2. The molecule has 1 N–H and O–H groups in total. The molecular weight excluding hydrogens is 320 g/mol. The Balaban J connectivity index is 1.81. The molecule has 0 aromatic heterocycles. The third-order valence-electron chi connectivity index (χ3n) is 5.56. The van der Waals surface area contributed by atoms with Crippen LogP contribution in [0.2, 0.25) is 0 Å². The molecule has 2 aromatic carbocycles. The van der Waals surface area contributed by atoms with Crippen molar-refractivity contribution in [2.24, 2.45) is 5.92 Å². The Morgan fingerprint density at radius 2 is 1.85 bits per heavy atom. The molecule has 2 aromatic rings. The van der Waals surface area contributed by atoms with Crippen molar-refractivity contribution in [2.75, 3.05) is 25.0 Å². The number of hydrogen-bond acceptors (Lipinski definition) is 2. The van der Waals surface area contributed by atoms with Crippen LogP contribution in [0.3, 0.4) is 0 Å². The summed E-state index contributed by atoms with van der Waals surface area (Å²) in [4.78, 5) is 14.7. The van der Waals surface area contributed by atoms with Crippen molar-refractivity contribution in [3.8, 4) is 0 Å². The van der Waals surface area contributed by atoms with Gasteiger partial charge in [-0.1, -0.05) is 50.6 Å². The second kappa shape index (κ2) is 8.39. The van der Waals surface area contributed by atoms with E-state index in [-0.39, 0.29) is 11.8 Å². The van der Waals surface area contributed by atoms with E-state index in [4.69, 9.17) is 0 Å². The summed E-state index contributed by atoms with van der Waals surface area (Å²) in [7, 11) is 1.68. The number of carbonyl (C=O) groups excluding carboxylic acids is 1. The summed E-state index contributed by atoms with van der Waals surface area (Å²) in [6, 6.07) is 16.8. The minimum atomic E-state index is -0.0253. The number of nitrogens with one attached hydrogen (secondary N) is 1. The van der Waals surface area contributed by atoms with Gasteiger partial charge < -0.3 is 10.2 Å². The van der Waals surface area contributed by atoms with Crippen LogP contribution in [0, 0.1) is 5.92 Å². The molecule has 1 aliphatic rings. The van der Waals surface area contributed by atoms with Gasteiger partial charge in [-0.2, -0.15) is 0 Å². The van der Waals surface area contributed by atoms with Crippen LogP contribution in [0.4, 0.5) is 5.69 Å². The smallest absolute Gasteiger partial charge is 0.251 e. The van der Waals surface area contributed by atoms with Crippen molar-refractivity contribution < 1.29 is 4.79 Å². The second-order valence-corrected chi connectivity index (χ2v) is 7.53. The molecule has 1 heterocycles. The number of carbonyl (C=O) groups is 1. The highest BCUT2D eigenvalue weighted by molar-refractivity contribution is 5.95. The molecule has 1 saturated heterocycles. The molecule has 3 heteroatoms. The van der Waals surface area contributed by atoms with Crippen molar-refractivity contribution >= 4 is 11.6 Å². The van der Waals surface area contributed by atoms with Gasteiger partial charge in [-0.3, -0.25) is 4.79 Å². The molecule has 3 nitrogen and oxygen atoms in total. The van der Waals surface area contributed by atoms with Gasteiger partial charge in [0.25, 0.3) is 5.91 Å². The zero-order valence-electron chi connectivity index (χ0n) is 16.2. The fraction of sp³-hybridized carbons (Fsp3) is 0.435. The van der Waals surface area contributed by atoms with E-state index < -0.39 is 0 Å².